The standard InChI is InChI=1S/C19H17ClN6O/c1-11(17-23-15-5-3-4-6-16(15)24-17)21-19(27)18-22-12(2)26(25-18)14-9-7-13(20)8-10-14/h3-11H,1-2H3,(H,21,27)(H,23,24). The van der Waals surface area contributed by atoms with Crippen LogP contribution >= 0.6 is 11.6 Å². The molecule has 8 heteroatoms. The van der Waals surface area contributed by atoms with E-state index in [1.54, 1.807) is 23.7 Å². The zero-order chi connectivity index (χ0) is 19.0. The van der Waals surface area contributed by atoms with E-state index in [1.165, 1.54) is 0 Å². The van der Waals surface area contributed by atoms with Crippen LogP contribution in [0, 0.1) is 6.92 Å². The molecule has 2 N–H and O–H groups in total. The molecule has 0 fully saturated rings. The highest BCUT2D eigenvalue weighted by molar-refractivity contribution is 6.30. The van der Waals surface area contributed by atoms with Gasteiger partial charge in [-0.05, 0) is 50.2 Å². The molecule has 2 aromatic carbocycles. The Morgan fingerprint density at radius 1 is 1.15 bits per heavy atom. The van der Waals surface area contributed by atoms with Crippen LogP contribution in [-0.2, 0) is 0 Å². The van der Waals surface area contributed by atoms with Gasteiger partial charge in [0.2, 0.25) is 5.82 Å². The van der Waals surface area contributed by atoms with E-state index >= 15 is 0 Å². The third-order valence-electron chi connectivity index (χ3n) is 4.21. The van der Waals surface area contributed by atoms with Crippen molar-refractivity contribution in [2.24, 2.45) is 0 Å². The summed E-state index contributed by atoms with van der Waals surface area (Å²) in [5.41, 5.74) is 2.57. The largest absolute Gasteiger partial charge is 0.340 e. The molecular formula is C19H17ClN6O. The second kappa shape index (κ2) is 6.85. The fourth-order valence-electron chi connectivity index (χ4n) is 2.82. The van der Waals surface area contributed by atoms with Crippen molar-refractivity contribution in [3.63, 3.8) is 0 Å². The van der Waals surface area contributed by atoms with Gasteiger partial charge in [-0.15, -0.1) is 5.10 Å². The second-order valence-corrected chi connectivity index (χ2v) is 6.64. The number of benzene rings is 2. The number of H-pyrrole nitrogens is 1. The molecule has 0 spiro atoms. The first-order valence-electron chi connectivity index (χ1n) is 8.46. The van der Waals surface area contributed by atoms with Crippen molar-refractivity contribution >= 4 is 28.5 Å². The molecule has 0 aliphatic heterocycles. The molecule has 4 aromatic rings. The molecule has 136 valence electrons. The van der Waals surface area contributed by atoms with E-state index in [0.717, 1.165) is 16.7 Å². The summed E-state index contributed by atoms with van der Waals surface area (Å²) in [5.74, 6) is 1.03. The Bertz CT molecular complexity index is 1080. The Morgan fingerprint density at radius 2 is 1.89 bits per heavy atom. The summed E-state index contributed by atoms with van der Waals surface area (Å²) in [6, 6.07) is 14.6. The van der Waals surface area contributed by atoms with E-state index in [-0.39, 0.29) is 17.8 Å². The third kappa shape index (κ3) is 3.41. The molecule has 0 aliphatic rings. The summed E-state index contributed by atoms with van der Waals surface area (Å²) in [6.45, 7) is 3.65. The number of carbonyl (C=O) groups is 1. The number of rotatable bonds is 4. The van der Waals surface area contributed by atoms with Crippen LogP contribution in [0.25, 0.3) is 16.7 Å². The van der Waals surface area contributed by atoms with Gasteiger partial charge < -0.3 is 10.3 Å². The minimum absolute atomic E-state index is 0.102. The number of imidazole rings is 1. The first-order chi connectivity index (χ1) is 13.0. The van der Waals surface area contributed by atoms with Crippen LogP contribution in [0.1, 0.15) is 35.2 Å². The van der Waals surface area contributed by atoms with Gasteiger partial charge in [-0.2, -0.15) is 0 Å². The first-order valence-corrected chi connectivity index (χ1v) is 8.84. The first kappa shape index (κ1) is 17.2. The number of hydrogen-bond donors (Lipinski definition) is 2. The van der Waals surface area contributed by atoms with E-state index in [1.807, 2.05) is 43.3 Å². The molecule has 0 radical (unpaired) electrons. The number of nitrogens with one attached hydrogen (secondary N) is 2. The lowest BCUT2D eigenvalue weighted by Crippen LogP contribution is -2.28. The maximum atomic E-state index is 12.6. The maximum absolute atomic E-state index is 12.6. The number of halogens is 1. The number of carbonyl (C=O) groups excluding carboxylic acids is 1. The topological polar surface area (TPSA) is 88.5 Å². The van der Waals surface area contributed by atoms with Gasteiger partial charge in [0.05, 0.1) is 22.8 Å². The van der Waals surface area contributed by atoms with Gasteiger partial charge in [0, 0.05) is 5.02 Å². The summed E-state index contributed by atoms with van der Waals surface area (Å²) in [7, 11) is 0. The molecule has 1 unspecified atom stereocenters. The van der Waals surface area contributed by atoms with Crippen molar-refractivity contribution in [3.8, 4) is 5.69 Å². The lowest BCUT2D eigenvalue weighted by molar-refractivity contribution is 0.0928. The van der Waals surface area contributed by atoms with E-state index in [9.17, 15) is 4.79 Å². The molecule has 0 saturated heterocycles. The highest BCUT2D eigenvalue weighted by atomic mass is 35.5. The van der Waals surface area contributed by atoms with Gasteiger partial charge in [-0.3, -0.25) is 4.79 Å². The lowest BCUT2D eigenvalue weighted by atomic mass is 10.3. The highest BCUT2D eigenvalue weighted by Crippen LogP contribution is 2.17. The predicted octanol–water partition coefficient (Wildman–Crippen LogP) is 3.60. The smallest absolute Gasteiger partial charge is 0.291 e. The lowest BCUT2D eigenvalue weighted by Gasteiger charge is -2.09. The van der Waals surface area contributed by atoms with Crippen LogP contribution in [-0.4, -0.2) is 30.6 Å². The van der Waals surface area contributed by atoms with Crippen molar-refractivity contribution in [2.45, 2.75) is 19.9 Å². The van der Waals surface area contributed by atoms with Gasteiger partial charge in [0.15, 0.2) is 0 Å². The van der Waals surface area contributed by atoms with Gasteiger partial charge in [-0.1, -0.05) is 23.7 Å². The number of hydrogen-bond acceptors (Lipinski definition) is 4. The van der Waals surface area contributed by atoms with Crippen molar-refractivity contribution in [1.29, 1.82) is 0 Å². The number of nitrogens with zero attached hydrogens (tertiary/aromatic N) is 4. The fraction of sp³-hybridized carbons (Fsp3) is 0.158. The Labute approximate surface area is 160 Å². The Balaban J connectivity index is 1.54. The van der Waals surface area contributed by atoms with Crippen LogP contribution in [0.15, 0.2) is 48.5 Å². The van der Waals surface area contributed by atoms with Gasteiger partial charge in [0.1, 0.15) is 11.6 Å². The molecule has 0 saturated carbocycles. The normalized spacial score (nSPS) is 12.3. The Morgan fingerprint density at radius 3 is 2.63 bits per heavy atom. The van der Waals surface area contributed by atoms with Crippen LogP contribution in [0.5, 0.6) is 0 Å². The SMILES string of the molecule is Cc1nc(C(=O)NC(C)c2nc3ccccc3[nH]2)nn1-c1ccc(Cl)cc1. The number of fused-ring (bicyclic) bond motifs is 1. The molecule has 2 aromatic heterocycles. The third-order valence-corrected chi connectivity index (χ3v) is 4.46. The molecule has 27 heavy (non-hydrogen) atoms. The molecule has 0 aliphatic carbocycles. The monoisotopic (exact) mass is 380 g/mol. The minimum Gasteiger partial charge on any atom is -0.340 e. The second-order valence-electron chi connectivity index (χ2n) is 6.21. The molecule has 0 bridgehead atoms. The summed E-state index contributed by atoms with van der Waals surface area (Å²) in [5, 5.41) is 7.83. The maximum Gasteiger partial charge on any atom is 0.291 e. The van der Waals surface area contributed by atoms with E-state index in [4.69, 9.17) is 11.6 Å². The number of para-hydroxylation sites is 2. The molecule has 4 rings (SSSR count). The molecular weight excluding hydrogens is 364 g/mol. The van der Waals surface area contributed by atoms with Crippen LogP contribution in [0.3, 0.4) is 0 Å². The molecule has 7 nitrogen and oxygen atoms in total. The fourth-order valence-corrected chi connectivity index (χ4v) is 2.95. The summed E-state index contributed by atoms with van der Waals surface area (Å²) >= 11 is 5.92. The number of aromatic amines is 1. The average Bonchev–Trinajstić information content (AvgIpc) is 3.26. The summed E-state index contributed by atoms with van der Waals surface area (Å²) < 4.78 is 1.61. The zero-order valence-electron chi connectivity index (χ0n) is 14.8. The van der Waals surface area contributed by atoms with E-state index in [0.29, 0.717) is 16.7 Å². The van der Waals surface area contributed by atoms with Crippen LogP contribution in [0.4, 0.5) is 0 Å². The van der Waals surface area contributed by atoms with Crippen molar-refractivity contribution < 1.29 is 4.79 Å². The van der Waals surface area contributed by atoms with Crippen LogP contribution in [0.2, 0.25) is 5.02 Å². The van der Waals surface area contributed by atoms with E-state index in [2.05, 4.69) is 25.4 Å². The van der Waals surface area contributed by atoms with Gasteiger partial charge >= 0.3 is 0 Å². The predicted molar refractivity (Wildman–Crippen MR) is 103 cm³/mol. The Hall–Kier alpha value is -3.19. The molecule has 2 heterocycles. The summed E-state index contributed by atoms with van der Waals surface area (Å²) in [6.07, 6.45) is 0. The summed E-state index contributed by atoms with van der Waals surface area (Å²) in [4.78, 5) is 24.6. The Kier molecular flexibility index (Phi) is 4.37. The quantitative estimate of drug-likeness (QED) is 0.566. The van der Waals surface area contributed by atoms with Crippen molar-refractivity contribution in [1.82, 2.24) is 30.0 Å². The van der Waals surface area contributed by atoms with Crippen LogP contribution < -0.4 is 5.32 Å². The number of aromatic nitrogens is 5. The highest BCUT2D eigenvalue weighted by Gasteiger charge is 2.19. The van der Waals surface area contributed by atoms with Crippen molar-refractivity contribution in [2.75, 3.05) is 0 Å². The van der Waals surface area contributed by atoms with Gasteiger partial charge in [-0.25, -0.2) is 14.6 Å². The molecule has 1 atom stereocenters. The number of aryl methyl sites for hydroxylation is 1. The average molecular weight is 381 g/mol. The van der Waals surface area contributed by atoms with Crippen molar-refractivity contribution in [3.05, 3.63) is 71.0 Å². The van der Waals surface area contributed by atoms with E-state index < -0.39 is 0 Å². The molecule has 1 amide bonds. The number of amides is 1. The zero-order valence-corrected chi connectivity index (χ0v) is 15.5. The van der Waals surface area contributed by atoms with Gasteiger partial charge in [0.25, 0.3) is 5.91 Å². The minimum atomic E-state index is -0.362.